The summed E-state index contributed by atoms with van der Waals surface area (Å²) in [5, 5.41) is 9.64. The fraction of sp³-hybridized carbons (Fsp3) is 0.571. The van der Waals surface area contributed by atoms with Gasteiger partial charge in [-0.2, -0.15) is 13.2 Å². The number of halogens is 3. The summed E-state index contributed by atoms with van der Waals surface area (Å²) in [6, 6.07) is 5.69. The number of benzene rings is 1. The van der Waals surface area contributed by atoms with Crippen molar-refractivity contribution < 1.29 is 18.3 Å². The molecule has 2 atom stereocenters. The van der Waals surface area contributed by atoms with Crippen LogP contribution in [0, 0.1) is 5.92 Å². The van der Waals surface area contributed by atoms with E-state index in [0.29, 0.717) is 25.1 Å². The zero-order valence-corrected chi connectivity index (χ0v) is 10.8. The van der Waals surface area contributed by atoms with Gasteiger partial charge in [0.1, 0.15) is 0 Å². The third-order valence-corrected chi connectivity index (χ3v) is 3.66. The van der Waals surface area contributed by atoms with Crippen molar-refractivity contribution in [3.63, 3.8) is 0 Å². The number of rotatable bonds is 2. The van der Waals surface area contributed by atoms with E-state index in [9.17, 15) is 18.3 Å². The molecule has 0 amide bonds. The first kappa shape index (κ1) is 14.3. The summed E-state index contributed by atoms with van der Waals surface area (Å²) in [6.07, 6.45) is -4.03. The highest BCUT2D eigenvalue weighted by molar-refractivity contribution is 5.29. The van der Waals surface area contributed by atoms with Gasteiger partial charge in [-0.3, -0.25) is 4.90 Å². The van der Waals surface area contributed by atoms with Crippen LogP contribution < -0.4 is 0 Å². The predicted molar refractivity (Wildman–Crippen MR) is 66.5 cm³/mol. The van der Waals surface area contributed by atoms with E-state index in [1.165, 1.54) is 12.1 Å². The summed E-state index contributed by atoms with van der Waals surface area (Å²) in [5.74, 6) is 0.104. The molecule has 1 N–H and O–H groups in total. The summed E-state index contributed by atoms with van der Waals surface area (Å²) >= 11 is 0. The Kier molecular flexibility index (Phi) is 4.16. The van der Waals surface area contributed by atoms with Gasteiger partial charge in [-0.25, -0.2) is 0 Å². The second kappa shape index (κ2) is 5.51. The minimum absolute atomic E-state index is 0.104. The van der Waals surface area contributed by atoms with Gasteiger partial charge in [-0.1, -0.05) is 25.1 Å². The monoisotopic (exact) mass is 273 g/mol. The van der Waals surface area contributed by atoms with E-state index in [0.717, 1.165) is 6.07 Å². The zero-order chi connectivity index (χ0) is 14.0. The number of nitrogens with zero attached hydrogens (tertiary/aromatic N) is 1. The van der Waals surface area contributed by atoms with Crippen LogP contribution in [-0.4, -0.2) is 29.2 Å². The van der Waals surface area contributed by atoms with Gasteiger partial charge >= 0.3 is 6.18 Å². The number of aliphatic hydroxyl groups excluding tert-OH is 1. The van der Waals surface area contributed by atoms with Crippen molar-refractivity contribution in [1.82, 2.24) is 4.90 Å². The van der Waals surface area contributed by atoms with Crippen molar-refractivity contribution in [2.45, 2.75) is 32.2 Å². The number of aliphatic hydroxyl groups is 1. The highest BCUT2D eigenvalue weighted by Gasteiger charge is 2.33. The molecule has 1 saturated heterocycles. The molecule has 0 radical (unpaired) electrons. The first-order chi connectivity index (χ1) is 8.88. The Hall–Kier alpha value is -1.07. The Labute approximate surface area is 110 Å². The minimum atomic E-state index is -4.31. The lowest BCUT2D eigenvalue weighted by Crippen LogP contribution is -2.41. The van der Waals surface area contributed by atoms with Crippen LogP contribution in [0.5, 0.6) is 0 Å². The molecule has 1 aromatic carbocycles. The first-order valence-corrected chi connectivity index (χ1v) is 6.43. The summed E-state index contributed by atoms with van der Waals surface area (Å²) in [4.78, 5) is 1.97. The molecule has 1 aliphatic heterocycles. The lowest BCUT2D eigenvalue weighted by molar-refractivity contribution is -0.138. The van der Waals surface area contributed by atoms with Crippen LogP contribution in [0.25, 0.3) is 0 Å². The van der Waals surface area contributed by atoms with Gasteiger partial charge in [0.2, 0.25) is 0 Å². The molecule has 1 aromatic rings. The molecule has 0 aromatic heterocycles. The molecule has 19 heavy (non-hydrogen) atoms. The molecule has 106 valence electrons. The maximum Gasteiger partial charge on any atom is 0.416 e. The molecule has 5 heteroatoms. The summed E-state index contributed by atoms with van der Waals surface area (Å²) in [7, 11) is 0. The van der Waals surface area contributed by atoms with Crippen LogP contribution in [0.3, 0.4) is 0 Å². The lowest BCUT2D eigenvalue weighted by atomic mass is 9.96. The van der Waals surface area contributed by atoms with Gasteiger partial charge in [-0.15, -0.1) is 0 Å². The van der Waals surface area contributed by atoms with Crippen molar-refractivity contribution in [2.75, 3.05) is 13.1 Å². The molecule has 1 heterocycles. The highest BCUT2D eigenvalue weighted by atomic mass is 19.4. The van der Waals surface area contributed by atoms with Crippen LogP contribution >= 0.6 is 0 Å². The van der Waals surface area contributed by atoms with Gasteiger partial charge in [-0.05, 0) is 24.0 Å². The lowest BCUT2D eigenvalue weighted by Gasteiger charge is -2.34. The number of hydrogen-bond donors (Lipinski definition) is 1. The third-order valence-electron chi connectivity index (χ3n) is 3.66. The largest absolute Gasteiger partial charge is 0.416 e. The van der Waals surface area contributed by atoms with E-state index in [1.807, 2.05) is 11.8 Å². The van der Waals surface area contributed by atoms with E-state index >= 15 is 0 Å². The van der Waals surface area contributed by atoms with Crippen molar-refractivity contribution in [1.29, 1.82) is 0 Å². The second-order valence-corrected chi connectivity index (χ2v) is 5.22. The maximum atomic E-state index is 12.9. The molecule has 2 rings (SSSR count). The fourth-order valence-electron chi connectivity index (χ4n) is 2.54. The first-order valence-electron chi connectivity index (χ1n) is 6.43. The van der Waals surface area contributed by atoms with Crippen LogP contribution in [0.1, 0.15) is 24.5 Å². The highest BCUT2D eigenvalue weighted by Crippen LogP contribution is 2.32. The average Bonchev–Trinajstić information content (AvgIpc) is 2.33. The molecule has 0 saturated carbocycles. The molecule has 0 spiro atoms. The molecular formula is C14H18F3NO. The van der Waals surface area contributed by atoms with Crippen LogP contribution in [0.4, 0.5) is 13.2 Å². The SMILES string of the molecule is CC1CN(Cc2ccccc2C(F)(F)F)CCC1O. The quantitative estimate of drug-likeness (QED) is 0.895. The van der Waals surface area contributed by atoms with Crippen LogP contribution in [0.2, 0.25) is 0 Å². The van der Waals surface area contributed by atoms with Crippen molar-refractivity contribution in [3.05, 3.63) is 35.4 Å². The summed E-state index contributed by atoms with van der Waals surface area (Å²) < 4.78 is 38.6. The van der Waals surface area contributed by atoms with Gasteiger partial charge < -0.3 is 5.11 Å². The van der Waals surface area contributed by atoms with E-state index in [-0.39, 0.29) is 18.6 Å². The van der Waals surface area contributed by atoms with Crippen LogP contribution in [-0.2, 0) is 12.7 Å². The molecule has 2 nitrogen and oxygen atoms in total. The maximum absolute atomic E-state index is 12.9. The van der Waals surface area contributed by atoms with Gasteiger partial charge in [0, 0.05) is 19.6 Å². The third kappa shape index (κ3) is 3.48. The molecule has 1 aliphatic rings. The number of likely N-dealkylation sites (tertiary alicyclic amines) is 1. The summed E-state index contributed by atoms with van der Waals surface area (Å²) in [6.45, 7) is 3.48. The summed E-state index contributed by atoms with van der Waals surface area (Å²) in [5.41, 5.74) is -0.257. The smallest absolute Gasteiger partial charge is 0.393 e. The van der Waals surface area contributed by atoms with Gasteiger partial charge in [0.25, 0.3) is 0 Å². The molecule has 2 unspecified atom stereocenters. The Morgan fingerprint density at radius 2 is 2.00 bits per heavy atom. The second-order valence-electron chi connectivity index (χ2n) is 5.22. The normalized spacial score (nSPS) is 25.5. The van der Waals surface area contributed by atoms with E-state index in [4.69, 9.17) is 0 Å². The standard InChI is InChI=1S/C14H18F3NO/c1-10-8-18(7-6-13(10)19)9-11-4-2-3-5-12(11)14(15,16)17/h2-5,10,13,19H,6-9H2,1H3. The van der Waals surface area contributed by atoms with Gasteiger partial charge in [0.05, 0.1) is 11.7 Å². The van der Waals surface area contributed by atoms with E-state index in [1.54, 1.807) is 6.07 Å². The zero-order valence-electron chi connectivity index (χ0n) is 10.8. The molecular weight excluding hydrogens is 255 g/mol. The molecule has 0 aliphatic carbocycles. The fourth-order valence-corrected chi connectivity index (χ4v) is 2.54. The van der Waals surface area contributed by atoms with E-state index < -0.39 is 11.7 Å². The Balaban J connectivity index is 2.12. The van der Waals surface area contributed by atoms with Crippen molar-refractivity contribution in [2.24, 2.45) is 5.92 Å². The molecule has 1 fully saturated rings. The topological polar surface area (TPSA) is 23.5 Å². The van der Waals surface area contributed by atoms with Crippen molar-refractivity contribution in [3.8, 4) is 0 Å². The van der Waals surface area contributed by atoms with Crippen molar-refractivity contribution >= 4 is 0 Å². The minimum Gasteiger partial charge on any atom is -0.393 e. The van der Waals surface area contributed by atoms with Crippen LogP contribution in [0.15, 0.2) is 24.3 Å². The average molecular weight is 273 g/mol. The van der Waals surface area contributed by atoms with E-state index in [2.05, 4.69) is 0 Å². The number of piperidine rings is 1. The number of alkyl halides is 3. The Morgan fingerprint density at radius 3 is 2.63 bits per heavy atom. The Bertz CT molecular complexity index is 433. The predicted octanol–water partition coefficient (Wildman–Crippen LogP) is 2.91. The Morgan fingerprint density at radius 1 is 1.32 bits per heavy atom. The number of hydrogen-bond acceptors (Lipinski definition) is 2. The molecule has 0 bridgehead atoms. The van der Waals surface area contributed by atoms with Gasteiger partial charge in [0.15, 0.2) is 0 Å².